The van der Waals surface area contributed by atoms with E-state index < -0.39 is 6.10 Å². The maximum Gasteiger partial charge on any atom is 0.269 e. The number of aliphatic hydroxyl groups excluding tert-OH is 2. The van der Waals surface area contributed by atoms with Crippen LogP contribution < -0.4 is 0 Å². The van der Waals surface area contributed by atoms with Crippen LogP contribution in [0.15, 0.2) is 41.5 Å². The van der Waals surface area contributed by atoms with Crippen LogP contribution in [-0.4, -0.2) is 27.3 Å². The molecule has 4 aliphatic rings. The van der Waals surface area contributed by atoms with Crippen LogP contribution in [0.3, 0.4) is 0 Å². The first-order valence-corrected chi connectivity index (χ1v) is 11.7. The van der Waals surface area contributed by atoms with E-state index in [1.165, 1.54) is 17.7 Å². The number of hydrogen-bond donors (Lipinski definition) is 2. The van der Waals surface area contributed by atoms with E-state index in [0.717, 1.165) is 56.1 Å². The summed E-state index contributed by atoms with van der Waals surface area (Å²) >= 11 is 0. The lowest BCUT2D eigenvalue weighted by molar-refractivity contribution is -0.384. The van der Waals surface area contributed by atoms with Crippen LogP contribution in [0.25, 0.3) is 6.08 Å². The van der Waals surface area contributed by atoms with E-state index in [0.29, 0.717) is 17.8 Å². The highest BCUT2D eigenvalue weighted by molar-refractivity contribution is 5.57. The Morgan fingerprint density at radius 3 is 2.52 bits per heavy atom. The lowest BCUT2D eigenvalue weighted by Crippen LogP contribution is -2.51. The van der Waals surface area contributed by atoms with Gasteiger partial charge in [-0.15, -0.1) is 0 Å². The van der Waals surface area contributed by atoms with Crippen molar-refractivity contribution >= 4 is 11.8 Å². The molecule has 0 saturated heterocycles. The maximum absolute atomic E-state index is 11.3. The summed E-state index contributed by atoms with van der Waals surface area (Å²) in [5, 5.41) is 32.5. The van der Waals surface area contributed by atoms with Gasteiger partial charge in [-0.2, -0.15) is 0 Å². The number of hydrogen-bond acceptors (Lipinski definition) is 4. The van der Waals surface area contributed by atoms with Gasteiger partial charge in [0.2, 0.25) is 0 Å². The van der Waals surface area contributed by atoms with E-state index in [-0.39, 0.29) is 27.5 Å². The summed E-state index contributed by atoms with van der Waals surface area (Å²) < 4.78 is 0. The molecule has 0 unspecified atom stereocenters. The fourth-order valence-electron chi connectivity index (χ4n) is 7.55. The number of fused-ring (bicyclic) bond motifs is 5. The molecule has 5 heteroatoms. The molecule has 0 amide bonds. The van der Waals surface area contributed by atoms with Crippen molar-refractivity contribution in [2.24, 2.45) is 28.6 Å². The Morgan fingerprint density at radius 2 is 1.81 bits per heavy atom. The zero-order valence-electron chi connectivity index (χ0n) is 18.5. The molecule has 7 atom stereocenters. The van der Waals surface area contributed by atoms with Gasteiger partial charge in [-0.1, -0.05) is 31.6 Å². The van der Waals surface area contributed by atoms with Gasteiger partial charge in [0.1, 0.15) is 0 Å². The van der Waals surface area contributed by atoms with Gasteiger partial charge in [0.25, 0.3) is 5.69 Å². The Labute approximate surface area is 184 Å². The molecule has 2 N–H and O–H groups in total. The molecular formula is C26H33NO4. The Morgan fingerprint density at radius 1 is 1.06 bits per heavy atom. The highest BCUT2D eigenvalue weighted by Crippen LogP contribution is 2.65. The predicted molar refractivity (Wildman–Crippen MR) is 120 cm³/mol. The van der Waals surface area contributed by atoms with Crippen molar-refractivity contribution < 1.29 is 15.1 Å². The van der Waals surface area contributed by atoms with Crippen molar-refractivity contribution in [2.45, 2.75) is 71.0 Å². The first-order valence-electron chi connectivity index (χ1n) is 11.7. The summed E-state index contributed by atoms with van der Waals surface area (Å²) in [4.78, 5) is 10.5. The van der Waals surface area contributed by atoms with Gasteiger partial charge in [0, 0.05) is 17.5 Å². The fourth-order valence-corrected chi connectivity index (χ4v) is 7.55. The molecule has 31 heavy (non-hydrogen) atoms. The van der Waals surface area contributed by atoms with E-state index >= 15 is 0 Å². The standard InChI is InChI=1S/C26H33NO4/c1-25-11-9-20(28)15-18(25)5-8-21-22(25)10-12-26(2)23(21)14-17(24(26)29)13-16-3-6-19(7-4-16)27(30)31/h3-7,13,20-24,28-29H,8-12,14-15H2,1-2H3/b17-13-/t20-,21-,22+,23-,24-,25+,26+/m0/s1. The van der Waals surface area contributed by atoms with Gasteiger partial charge in [0.15, 0.2) is 0 Å². The molecule has 1 aromatic carbocycles. The lowest BCUT2D eigenvalue weighted by atomic mass is 9.48. The zero-order chi connectivity index (χ0) is 22.0. The fraction of sp³-hybridized carbons (Fsp3) is 0.615. The number of allylic oxidation sites excluding steroid dienone is 1. The van der Waals surface area contributed by atoms with Crippen LogP contribution in [0.4, 0.5) is 5.69 Å². The molecule has 5 rings (SSSR count). The Bertz CT molecular complexity index is 951. The van der Waals surface area contributed by atoms with Crippen LogP contribution in [0, 0.1) is 38.7 Å². The highest BCUT2D eigenvalue weighted by Gasteiger charge is 2.59. The molecule has 3 saturated carbocycles. The summed E-state index contributed by atoms with van der Waals surface area (Å²) in [5.74, 6) is 1.65. The summed E-state index contributed by atoms with van der Waals surface area (Å²) in [5.41, 5.74) is 3.63. The largest absolute Gasteiger partial charge is 0.393 e. The van der Waals surface area contributed by atoms with E-state index in [1.54, 1.807) is 12.1 Å². The number of nitro groups is 1. The van der Waals surface area contributed by atoms with Crippen molar-refractivity contribution in [3.8, 4) is 0 Å². The third-order valence-electron chi connectivity index (χ3n) is 9.40. The van der Waals surface area contributed by atoms with Gasteiger partial charge < -0.3 is 10.2 Å². The van der Waals surface area contributed by atoms with Crippen LogP contribution in [0.5, 0.6) is 0 Å². The second-order valence-corrected chi connectivity index (χ2v) is 10.9. The smallest absolute Gasteiger partial charge is 0.269 e. The van der Waals surface area contributed by atoms with Gasteiger partial charge in [0.05, 0.1) is 17.1 Å². The van der Waals surface area contributed by atoms with Gasteiger partial charge in [-0.05, 0) is 91.4 Å². The average molecular weight is 424 g/mol. The second-order valence-electron chi connectivity index (χ2n) is 10.9. The molecule has 5 nitrogen and oxygen atoms in total. The molecule has 0 bridgehead atoms. The molecule has 0 radical (unpaired) electrons. The van der Waals surface area contributed by atoms with Crippen molar-refractivity contribution in [2.75, 3.05) is 0 Å². The van der Waals surface area contributed by atoms with Crippen molar-refractivity contribution in [3.05, 3.63) is 57.2 Å². The third-order valence-corrected chi connectivity index (χ3v) is 9.40. The zero-order valence-corrected chi connectivity index (χ0v) is 18.5. The summed E-state index contributed by atoms with van der Waals surface area (Å²) in [7, 11) is 0. The lowest BCUT2D eigenvalue weighted by Gasteiger charge is -2.57. The SMILES string of the molecule is C[C@@]12CC[C@@H]3[C@H](CC=C4C[C@@H](O)CC[C@]43C)[C@@H]1C/C(=C/c1ccc([N+](=O)[O-])cc1)[C@@H]2O. The molecule has 1 aromatic rings. The summed E-state index contributed by atoms with van der Waals surface area (Å²) in [6, 6.07) is 6.61. The van der Waals surface area contributed by atoms with Gasteiger partial charge >= 0.3 is 0 Å². The van der Waals surface area contributed by atoms with Crippen LogP contribution in [-0.2, 0) is 0 Å². The highest BCUT2D eigenvalue weighted by atomic mass is 16.6. The maximum atomic E-state index is 11.3. The normalized spacial score (nSPS) is 43.0. The number of nitrogens with zero attached hydrogens (tertiary/aromatic N) is 1. The molecular weight excluding hydrogens is 390 g/mol. The second kappa shape index (κ2) is 7.28. The third kappa shape index (κ3) is 3.20. The monoisotopic (exact) mass is 423 g/mol. The van der Waals surface area contributed by atoms with Gasteiger partial charge in [-0.3, -0.25) is 10.1 Å². The predicted octanol–water partition coefficient (Wildman–Crippen LogP) is 5.27. The number of rotatable bonds is 2. The number of benzene rings is 1. The molecule has 166 valence electrons. The number of non-ortho nitro benzene ring substituents is 1. The summed E-state index contributed by atoms with van der Waals surface area (Å²) in [6.07, 6.45) is 10.7. The van der Waals surface area contributed by atoms with Crippen LogP contribution in [0.1, 0.15) is 64.4 Å². The van der Waals surface area contributed by atoms with Crippen molar-refractivity contribution in [3.63, 3.8) is 0 Å². The molecule has 0 aliphatic heterocycles. The average Bonchev–Trinajstić information content (AvgIpc) is 2.99. The molecule has 3 fully saturated rings. The van der Waals surface area contributed by atoms with E-state index in [9.17, 15) is 20.3 Å². The molecule has 0 heterocycles. The molecule has 4 aliphatic carbocycles. The quantitative estimate of drug-likeness (QED) is 0.385. The van der Waals surface area contributed by atoms with Crippen molar-refractivity contribution in [1.82, 2.24) is 0 Å². The molecule has 0 spiro atoms. The van der Waals surface area contributed by atoms with Crippen molar-refractivity contribution in [1.29, 1.82) is 0 Å². The van der Waals surface area contributed by atoms with E-state index in [4.69, 9.17) is 0 Å². The number of nitro benzene ring substituents is 1. The minimum Gasteiger partial charge on any atom is -0.393 e. The number of aliphatic hydroxyl groups is 2. The first kappa shape index (κ1) is 20.9. The minimum atomic E-state index is -0.458. The first-order chi connectivity index (χ1) is 14.7. The van der Waals surface area contributed by atoms with E-state index in [1.807, 2.05) is 0 Å². The van der Waals surface area contributed by atoms with E-state index in [2.05, 4.69) is 26.0 Å². The minimum absolute atomic E-state index is 0.0910. The van der Waals surface area contributed by atoms with Crippen LogP contribution in [0.2, 0.25) is 0 Å². The van der Waals surface area contributed by atoms with Gasteiger partial charge in [-0.25, -0.2) is 0 Å². The Kier molecular flexibility index (Phi) is 4.91. The molecule has 0 aromatic heterocycles. The topological polar surface area (TPSA) is 83.6 Å². The Balaban J connectivity index is 1.44. The Hall–Kier alpha value is -1.98. The summed E-state index contributed by atoms with van der Waals surface area (Å²) in [6.45, 7) is 4.69. The van der Waals surface area contributed by atoms with Crippen LogP contribution >= 0.6 is 0 Å².